The molecular weight excluding hydrogens is 474 g/mol. The number of ether oxygens (including phenoxy) is 1. The third-order valence-corrected chi connectivity index (χ3v) is 6.33. The van der Waals surface area contributed by atoms with Crippen molar-refractivity contribution in [2.24, 2.45) is 0 Å². The van der Waals surface area contributed by atoms with Crippen molar-refractivity contribution in [3.05, 3.63) is 81.3 Å². The SMILES string of the molecule is O=C(NCCC1=CCCCC1)c1ccc(OCc2nnc(C(=O)Nc3ccc(F)c(F)c3)s2)cc1. The van der Waals surface area contributed by atoms with Gasteiger partial charge in [0, 0.05) is 23.9 Å². The van der Waals surface area contributed by atoms with Gasteiger partial charge in [-0.2, -0.15) is 0 Å². The van der Waals surface area contributed by atoms with E-state index in [9.17, 15) is 18.4 Å². The number of aromatic nitrogens is 2. The summed E-state index contributed by atoms with van der Waals surface area (Å²) >= 11 is 1.02. The molecular formula is C25H24F2N4O3S. The molecule has 0 aliphatic heterocycles. The number of carbonyl (C=O) groups is 2. The lowest BCUT2D eigenvalue weighted by Gasteiger charge is -2.13. The van der Waals surface area contributed by atoms with E-state index in [0.29, 0.717) is 22.9 Å². The van der Waals surface area contributed by atoms with Crippen LogP contribution in [0.25, 0.3) is 0 Å². The number of allylic oxidation sites excluding steroid dienone is 1. The van der Waals surface area contributed by atoms with Gasteiger partial charge in [0.15, 0.2) is 16.6 Å². The second-order valence-electron chi connectivity index (χ2n) is 8.01. The van der Waals surface area contributed by atoms with Gasteiger partial charge in [0.2, 0.25) is 5.01 Å². The summed E-state index contributed by atoms with van der Waals surface area (Å²) in [5, 5.41) is 13.6. The van der Waals surface area contributed by atoms with Crippen molar-refractivity contribution in [3.63, 3.8) is 0 Å². The second kappa shape index (κ2) is 11.7. The third-order valence-electron chi connectivity index (χ3n) is 5.43. The molecule has 4 rings (SSSR count). The van der Waals surface area contributed by atoms with Crippen molar-refractivity contribution < 1.29 is 23.1 Å². The topological polar surface area (TPSA) is 93.2 Å². The smallest absolute Gasteiger partial charge is 0.286 e. The first-order valence-electron chi connectivity index (χ1n) is 11.3. The van der Waals surface area contributed by atoms with Crippen LogP contribution in [0.2, 0.25) is 0 Å². The van der Waals surface area contributed by atoms with Crippen LogP contribution in [0.15, 0.2) is 54.1 Å². The van der Waals surface area contributed by atoms with Crippen molar-refractivity contribution in [1.29, 1.82) is 0 Å². The molecule has 2 amide bonds. The first-order chi connectivity index (χ1) is 17.0. The summed E-state index contributed by atoms with van der Waals surface area (Å²) in [4.78, 5) is 24.6. The zero-order valence-electron chi connectivity index (χ0n) is 18.9. The van der Waals surface area contributed by atoms with Gasteiger partial charge < -0.3 is 15.4 Å². The summed E-state index contributed by atoms with van der Waals surface area (Å²) in [6.07, 6.45) is 7.89. The third kappa shape index (κ3) is 6.92. The molecule has 2 N–H and O–H groups in total. The van der Waals surface area contributed by atoms with E-state index in [-0.39, 0.29) is 23.2 Å². The molecule has 0 saturated carbocycles. The van der Waals surface area contributed by atoms with Gasteiger partial charge in [0.1, 0.15) is 12.4 Å². The molecule has 1 heterocycles. The first kappa shape index (κ1) is 24.5. The number of hydrogen-bond donors (Lipinski definition) is 2. The lowest BCUT2D eigenvalue weighted by molar-refractivity contribution is 0.0953. The maximum atomic E-state index is 13.3. The van der Waals surface area contributed by atoms with E-state index < -0.39 is 17.5 Å². The van der Waals surface area contributed by atoms with E-state index in [4.69, 9.17) is 4.74 Å². The standard InChI is InChI=1S/C25H24F2N4O3S/c26-20-11-8-18(14-21(20)27)29-24(33)25-31-30-22(35-25)15-34-19-9-6-17(7-10-19)23(32)28-13-12-16-4-2-1-3-5-16/h4,6-11,14H,1-3,5,12-13,15H2,(H,28,32)(H,29,33). The van der Waals surface area contributed by atoms with Crippen LogP contribution in [0.3, 0.4) is 0 Å². The summed E-state index contributed by atoms with van der Waals surface area (Å²) in [6, 6.07) is 9.81. The van der Waals surface area contributed by atoms with Gasteiger partial charge in [-0.1, -0.05) is 23.0 Å². The van der Waals surface area contributed by atoms with Crippen molar-refractivity contribution in [2.45, 2.75) is 38.7 Å². The average molecular weight is 499 g/mol. The highest BCUT2D eigenvalue weighted by Crippen LogP contribution is 2.20. The highest BCUT2D eigenvalue weighted by atomic mass is 32.1. The Labute approximate surface area is 205 Å². The first-order valence-corrected chi connectivity index (χ1v) is 12.1. The quantitative estimate of drug-likeness (QED) is 0.392. The summed E-state index contributed by atoms with van der Waals surface area (Å²) < 4.78 is 32.0. The van der Waals surface area contributed by atoms with Crippen molar-refractivity contribution in [1.82, 2.24) is 15.5 Å². The Bertz CT molecular complexity index is 1230. The summed E-state index contributed by atoms with van der Waals surface area (Å²) in [5.74, 6) is -2.24. The molecule has 7 nitrogen and oxygen atoms in total. The predicted molar refractivity (Wildman–Crippen MR) is 128 cm³/mol. The molecule has 1 aliphatic rings. The van der Waals surface area contributed by atoms with Crippen LogP contribution in [-0.4, -0.2) is 28.6 Å². The minimum absolute atomic E-state index is 0.0596. The molecule has 0 radical (unpaired) electrons. The molecule has 0 fully saturated rings. The van der Waals surface area contributed by atoms with Gasteiger partial charge in [-0.15, -0.1) is 10.2 Å². The number of amides is 2. The minimum Gasteiger partial charge on any atom is -0.486 e. The number of anilines is 1. The minimum atomic E-state index is -1.06. The fourth-order valence-corrected chi connectivity index (χ4v) is 4.23. The lowest BCUT2D eigenvalue weighted by atomic mass is 9.97. The largest absolute Gasteiger partial charge is 0.486 e. The van der Waals surface area contributed by atoms with E-state index >= 15 is 0 Å². The molecule has 2 aromatic carbocycles. The van der Waals surface area contributed by atoms with Gasteiger partial charge in [-0.25, -0.2) is 8.78 Å². The Morgan fingerprint density at radius 1 is 1.00 bits per heavy atom. The molecule has 1 aliphatic carbocycles. The number of benzene rings is 2. The van der Waals surface area contributed by atoms with Gasteiger partial charge in [0.25, 0.3) is 11.8 Å². The highest BCUT2D eigenvalue weighted by molar-refractivity contribution is 7.13. The average Bonchev–Trinajstić information content (AvgIpc) is 3.35. The van der Waals surface area contributed by atoms with E-state index in [0.717, 1.165) is 42.7 Å². The molecule has 3 aromatic rings. The Balaban J connectivity index is 1.23. The Kier molecular flexibility index (Phi) is 8.15. The number of nitrogens with one attached hydrogen (secondary N) is 2. The van der Waals surface area contributed by atoms with E-state index in [2.05, 4.69) is 26.9 Å². The molecule has 182 valence electrons. The van der Waals surface area contributed by atoms with Crippen molar-refractivity contribution >= 4 is 28.8 Å². The molecule has 0 bridgehead atoms. The van der Waals surface area contributed by atoms with Gasteiger partial charge in [-0.3, -0.25) is 9.59 Å². The monoisotopic (exact) mass is 498 g/mol. The van der Waals surface area contributed by atoms with Crippen molar-refractivity contribution in [3.8, 4) is 5.75 Å². The zero-order chi connectivity index (χ0) is 24.6. The number of nitrogens with zero attached hydrogens (tertiary/aromatic N) is 2. The van der Waals surface area contributed by atoms with Crippen LogP contribution >= 0.6 is 11.3 Å². The number of carbonyl (C=O) groups excluding carboxylic acids is 2. The van der Waals surface area contributed by atoms with Gasteiger partial charge in [0.05, 0.1) is 0 Å². The van der Waals surface area contributed by atoms with E-state index in [1.165, 1.54) is 24.5 Å². The van der Waals surface area contributed by atoms with Crippen LogP contribution in [0.1, 0.15) is 57.3 Å². The maximum Gasteiger partial charge on any atom is 0.286 e. The van der Waals surface area contributed by atoms with E-state index in [1.807, 2.05) is 0 Å². The van der Waals surface area contributed by atoms with Crippen LogP contribution in [0, 0.1) is 11.6 Å². The number of hydrogen-bond acceptors (Lipinski definition) is 6. The highest BCUT2D eigenvalue weighted by Gasteiger charge is 2.15. The zero-order valence-corrected chi connectivity index (χ0v) is 19.7. The fourth-order valence-electron chi connectivity index (χ4n) is 3.58. The Morgan fingerprint density at radius 2 is 1.83 bits per heavy atom. The predicted octanol–water partition coefficient (Wildman–Crippen LogP) is 5.27. The molecule has 0 unspecified atom stereocenters. The van der Waals surface area contributed by atoms with Crippen LogP contribution < -0.4 is 15.4 Å². The van der Waals surface area contributed by atoms with Crippen molar-refractivity contribution in [2.75, 3.05) is 11.9 Å². The van der Waals surface area contributed by atoms with Crippen LogP contribution in [0.5, 0.6) is 5.75 Å². The Morgan fingerprint density at radius 3 is 2.57 bits per heavy atom. The molecule has 0 atom stereocenters. The molecule has 35 heavy (non-hydrogen) atoms. The molecule has 0 spiro atoms. The molecule has 0 saturated heterocycles. The fraction of sp³-hybridized carbons (Fsp3) is 0.280. The van der Waals surface area contributed by atoms with Gasteiger partial charge in [-0.05, 0) is 68.5 Å². The van der Waals surface area contributed by atoms with Crippen LogP contribution in [0.4, 0.5) is 14.5 Å². The van der Waals surface area contributed by atoms with Crippen LogP contribution in [-0.2, 0) is 6.61 Å². The summed E-state index contributed by atoms with van der Waals surface area (Å²) in [5.41, 5.74) is 2.07. The maximum absolute atomic E-state index is 13.3. The number of halogens is 2. The summed E-state index contributed by atoms with van der Waals surface area (Å²) in [6.45, 7) is 0.697. The molecule has 10 heteroatoms. The second-order valence-corrected chi connectivity index (χ2v) is 9.07. The summed E-state index contributed by atoms with van der Waals surface area (Å²) in [7, 11) is 0. The number of rotatable bonds is 9. The Hall–Kier alpha value is -3.66. The molecule has 1 aromatic heterocycles. The normalized spacial score (nSPS) is 13.1. The lowest BCUT2D eigenvalue weighted by Crippen LogP contribution is -2.24. The van der Waals surface area contributed by atoms with E-state index in [1.54, 1.807) is 24.3 Å². The van der Waals surface area contributed by atoms with Gasteiger partial charge >= 0.3 is 0 Å².